The lowest BCUT2D eigenvalue weighted by Gasteiger charge is -2.23. The van der Waals surface area contributed by atoms with Crippen LogP contribution in [0.5, 0.6) is 5.75 Å². The third-order valence-corrected chi connectivity index (χ3v) is 3.84. The Bertz CT molecular complexity index is 484. The molecule has 1 fully saturated rings. The van der Waals surface area contributed by atoms with Crippen molar-refractivity contribution in [3.05, 3.63) is 35.1 Å². The first-order valence-electron chi connectivity index (χ1n) is 7.87. The molecule has 2 nitrogen and oxygen atoms in total. The molecule has 1 saturated heterocycles. The lowest BCUT2D eigenvalue weighted by Crippen LogP contribution is -2.18. The maximum absolute atomic E-state index is 5.90. The average Bonchev–Trinajstić information content (AvgIpc) is 2.94. The summed E-state index contributed by atoms with van der Waals surface area (Å²) in [6.45, 7) is 10.8. The van der Waals surface area contributed by atoms with Gasteiger partial charge in [0, 0.05) is 31.3 Å². The van der Waals surface area contributed by atoms with Gasteiger partial charge in [0.1, 0.15) is 11.5 Å². The predicted molar refractivity (Wildman–Crippen MR) is 86.6 cm³/mol. The summed E-state index contributed by atoms with van der Waals surface area (Å²) < 4.78 is 5.90. The zero-order valence-electron chi connectivity index (χ0n) is 13.3. The quantitative estimate of drug-likeness (QED) is 0.719. The molecule has 0 N–H and O–H groups in total. The Morgan fingerprint density at radius 3 is 2.40 bits per heavy atom. The number of fused-ring (bicyclic) bond motifs is 1. The molecule has 2 heteroatoms. The zero-order valence-corrected chi connectivity index (χ0v) is 13.3. The second kappa shape index (κ2) is 6.83. The summed E-state index contributed by atoms with van der Waals surface area (Å²) >= 11 is 0. The number of ether oxygens (including phenoxy) is 1. The van der Waals surface area contributed by atoms with Crippen LogP contribution in [0, 0.1) is 0 Å². The smallest absolute Gasteiger partial charge is 0.132 e. The third kappa shape index (κ3) is 3.36. The molecule has 1 aromatic carbocycles. The molecule has 2 aliphatic rings. The first kappa shape index (κ1) is 15.0. The molecular weight excluding hydrogens is 246 g/mol. The molecular formula is C18H27NO. The van der Waals surface area contributed by atoms with Crippen molar-refractivity contribution in [1.29, 1.82) is 0 Å². The van der Waals surface area contributed by atoms with Crippen molar-refractivity contribution in [2.75, 3.05) is 18.0 Å². The fourth-order valence-corrected chi connectivity index (χ4v) is 2.62. The van der Waals surface area contributed by atoms with E-state index >= 15 is 0 Å². The van der Waals surface area contributed by atoms with Crippen LogP contribution in [0.15, 0.2) is 29.5 Å². The van der Waals surface area contributed by atoms with E-state index in [4.69, 9.17) is 4.74 Å². The van der Waals surface area contributed by atoms with Crippen molar-refractivity contribution >= 4 is 5.69 Å². The van der Waals surface area contributed by atoms with Gasteiger partial charge in [-0.25, -0.2) is 0 Å². The summed E-state index contributed by atoms with van der Waals surface area (Å²) in [7, 11) is 0. The molecule has 2 aliphatic heterocycles. The molecule has 1 aromatic rings. The standard InChI is InChI=1S/C15H19NO.C3H8/c1-11-9-13-5-6-14(16-7-3-4-8-16)10-15(13)17-12(11)2;1-3-2/h5-6,10H,3-4,7-9H2,1-2H3;3H2,1-2H3. The lowest BCUT2D eigenvalue weighted by molar-refractivity contribution is 0.404. The molecule has 2 heterocycles. The van der Waals surface area contributed by atoms with E-state index in [-0.39, 0.29) is 0 Å². The second-order valence-corrected chi connectivity index (χ2v) is 5.81. The highest BCUT2D eigenvalue weighted by Crippen LogP contribution is 2.34. The molecule has 0 saturated carbocycles. The van der Waals surface area contributed by atoms with Crippen LogP contribution in [0.4, 0.5) is 5.69 Å². The summed E-state index contributed by atoms with van der Waals surface area (Å²) in [5.74, 6) is 2.12. The predicted octanol–water partition coefficient (Wildman–Crippen LogP) is 4.93. The van der Waals surface area contributed by atoms with Crippen LogP contribution in [-0.4, -0.2) is 13.1 Å². The first-order chi connectivity index (χ1) is 9.65. The summed E-state index contributed by atoms with van der Waals surface area (Å²) in [6, 6.07) is 6.66. The number of allylic oxidation sites excluding steroid dienone is 2. The van der Waals surface area contributed by atoms with E-state index in [0.29, 0.717) is 0 Å². The van der Waals surface area contributed by atoms with Crippen LogP contribution in [0.1, 0.15) is 52.5 Å². The minimum atomic E-state index is 1.03. The number of benzene rings is 1. The molecule has 0 aliphatic carbocycles. The van der Waals surface area contributed by atoms with Gasteiger partial charge in [0.15, 0.2) is 0 Å². The Morgan fingerprint density at radius 1 is 1.10 bits per heavy atom. The number of rotatable bonds is 1. The molecule has 0 aromatic heterocycles. The Balaban J connectivity index is 0.000000452. The van der Waals surface area contributed by atoms with Gasteiger partial charge in [-0.3, -0.25) is 0 Å². The van der Waals surface area contributed by atoms with Gasteiger partial charge >= 0.3 is 0 Å². The third-order valence-electron chi connectivity index (χ3n) is 3.84. The van der Waals surface area contributed by atoms with E-state index in [0.717, 1.165) is 17.9 Å². The van der Waals surface area contributed by atoms with E-state index in [1.165, 1.54) is 49.2 Å². The molecule has 0 radical (unpaired) electrons. The van der Waals surface area contributed by atoms with Crippen molar-refractivity contribution in [2.24, 2.45) is 0 Å². The van der Waals surface area contributed by atoms with Crippen LogP contribution in [0.25, 0.3) is 0 Å². The zero-order chi connectivity index (χ0) is 14.5. The van der Waals surface area contributed by atoms with Gasteiger partial charge in [-0.1, -0.05) is 26.3 Å². The van der Waals surface area contributed by atoms with Gasteiger partial charge in [0.05, 0.1) is 0 Å². The molecule has 0 spiro atoms. The Hall–Kier alpha value is -1.44. The normalized spacial score (nSPS) is 17.3. The molecule has 0 amide bonds. The van der Waals surface area contributed by atoms with Crippen molar-refractivity contribution in [2.45, 2.75) is 53.4 Å². The van der Waals surface area contributed by atoms with Crippen LogP contribution >= 0.6 is 0 Å². The Kier molecular flexibility index (Phi) is 5.11. The van der Waals surface area contributed by atoms with Gasteiger partial charge < -0.3 is 9.64 Å². The van der Waals surface area contributed by atoms with E-state index in [2.05, 4.69) is 50.8 Å². The monoisotopic (exact) mass is 273 g/mol. The minimum absolute atomic E-state index is 1.03. The van der Waals surface area contributed by atoms with Gasteiger partial charge in [-0.05, 0) is 43.9 Å². The van der Waals surface area contributed by atoms with Crippen molar-refractivity contribution < 1.29 is 4.74 Å². The highest BCUT2D eigenvalue weighted by molar-refractivity contribution is 5.56. The molecule has 0 unspecified atom stereocenters. The van der Waals surface area contributed by atoms with Gasteiger partial charge in [0.2, 0.25) is 0 Å². The SMILES string of the molecule is CC1=C(C)Oc2cc(N3CCCC3)ccc2C1.CCC. The summed E-state index contributed by atoms with van der Waals surface area (Å²) in [4.78, 5) is 2.45. The number of nitrogens with zero attached hydrogens (tertiary/aromatic N) is 1. The van der Waals surface area contributed by atoms with Crippen molar-refractivity contribution in [3.63, 3.8) is 0 Å². The molecule has 0 bridgehead atoms. The maximum Gasteiger partial charge on any atom is 0.132 e. The Labute approximate surface area is 123 Å². The summed E-state index contributed by atoms with van der Waals surface area (Å²) in [6.07, 6.45) is 4.91. The Morgan fingerprint density at radius 2 is 1.75 bits per heavy atom. The van der Waals surface area contributed by atoms with Crippen molar-refractivity contribution in [1.82, 2.24) is 0 Å². The fraction of sp³-hybridized carbons (Fsp3) is 0.556. The average molecular weight is 273 g/mol. The van der Waals surface area contributed by atoms with Gasteiger partial charge in [0.25, 0.3) is 0 Å². The van der Waals surface area contributed by atoms with Crippen molar-refractivity contribution in [3.8, 4) is 5.75 Å². The van der Waals surface area contributed by atoms with Crippen LogP contribution in [-0.2, 0) is 6.42 Å². The highest BCUT2D eigenvalue weighted by Gasteiger charge is 2.18. The first-order valence-corrected chi connectivity index (χ1v) is 7.87. The fourth-order valence-electron chi connectivity index (χ4n) is 2.62. The topological polar surface area (TPSA) is 12.5 Å². The maximum atomic E-state index is 5.90. The van der Waals surface area contributed by atoms with E-state index in [1.54, 1.807) is 0 Å². The molecule has 20 heavy (non-hydrogen) atoms. The number of anilines is 1. The van der Waals surface area contributed by atoms with Crippen LogP contribution in [0.3, 0.4) is 0 Å². The molecule has 0 atom stereocenters. The summed E-state index contributed by atoms with van der Waals surface area (Å²) in [5, 5.41) is 0. The number of hydrogen-bond donors (Lipinski definition) is 0. The number of hydrogen-bond acceptors (Lipinski definition) is 2. The molecule has 3 rings (SSSR count). The minimum Gasteiger partial charge on any atom is -0.462 e. The summed E-state index contributed by atoms with van der Waals surface area (Å²) in [5.41, 5.74) is 3.97. The second-order valence-electron chi connectivity index (χ2n) is 5.81. The molecule has 110 valence electrons. The largest absolute Gasteiger partial charge is 0.462 e. The van der Waals surface area contributed by atoms with Gasteiger partial charge in [-0.2, -0.15) is 0 Å². The van der Waals surface area contributed by atoms with E-state index in [1.807, 2.05) is 0 Å². The highest BCUT2D eigenvalue weighted by atomic mass is 16.5. The van der Waals surface area contributed by atoms with E-state index < -0.39 is 0 Å². The van der Waals surface area contributed by atoms with Crippen LogP contribution in [0.2, 0.25) is 0 Å². The lowest BCUT2D eigenvalue weighted by atomic mass is 10.0. The van der Waals surface area contributed by atoms with Gasteiger partial charge in [-0.15, -0.1) is 0 Å². The van der Waals surface area contributed by atoms with E-state index in [9.17, 15) is 0 Å². The van der Waals surface area contributed by atoms with Crippen LogP contribution < -0.4 is 9.64 Å².